The number of anilines is 1. The van der Waals surface area contributed by atoms with Crippen molar-refractivity contribution in [2.24, 2.45) is 0 Å². The topological polar surface area (TPSA) is 99.7 Å². The van der Waals surface area contributed by atoms with Crippen molar-refractivity contribution in [3.05, 3.63) is 58.3 Å². The van der Waals surface area contributed by atoms with Gasteiger partial charge in [0.05, 0.1) is 17.7 Å². The van der Waals surface area contributed by atoms with Crippen LogP contribution in [-0.2, 0) is 9.59 Å². The van der Waals surface area contributed by atoms with E-state index in [1.54, 1.807) is 24.3 Å². The molecule has 0 aliphatic rings. The summed E-state index contributed by atoms with van der Waals surface area (Å²) in [6.45, 7) is -0.00716. The maximum atomic E-state index is 13.3. The molecule has 0 bridgehead atoms. The largest absolute Gasteiger partial charge is 0.484 e. The predicted molar refractivity (Wildman–Crippen MR) is 113 cm³/mol. The van der Waals surface area contributed by atoms with Crippen LogP contribution in [0.3, 0.4) is 0 Å². The van der Waals surface area contributed by atoms with Gasteiger partial charge in [-0.3, -0.25) is 9.59 Å². The zero-order valence-electron chi connectivity index (χ0n) is 16.0. The number of carbonyl (C=O) groups excluding carboxylic acids is 2. The van der Waals surface area contributed by atoms with E-state index >= 15 is 0 Å². The Morgan fingerprint density at radius 3 is 2.50 bits per heavy atom. The summed E-state index contributed by atoms with van der Waals surface area (Å²) in [5, 5.41) is 18.6. The van der Waals surface area contributed by atoms with Crippen LogP contribution in [0.25, 0.3) is 0 Å². The van der Waals surface area contributed by atoms with E-state index in [0.717, 1.165) is 11.8 Å². The molecule has 4 N–H and O–H groups in total. The van der Waals surface area contributed by atoms with Gasteiger partial charge >= 0.3 is 0 Å². The average molecular weight is 458 g/mol. The zero-order valence-corrected chi connectivity index (χ0v) is 17.5. The summed E-state index contributed by atoms with van der Waals surface area (Å²) >= 11 is 11.4. The Bertz CT molecular complexity index is 852. The monoisotopic (exact) mass is 457 g/mol. The normalized spacial score (nSPS) is 11.5. The van der Waals surface area contributed by atoms with Crippen molar-refractivity contribution in [2.75, 3.05) is 31.6 Å². The van der Waals surface area contributed by atoms with Gasteiger partial charge in [0.1, 0.15) is 11.6 Å². The number of aliphatic hydroxyl groups excluding tert-OH is 1. The van der Waals surface area contributed by atoms with Gasteiger partial charge in [-0.05, 0) is 42.8 Å². The molecule has 2 aromatic rings. The molecule has 0 unspecified atom stereocenters. The molecular formula is C20H22Cl2FN3O4. The molecule has 0 fully saturated rings. The zero-order chi connectivity index (χ0) is 21.9. The minimum absolute atomic E-state index is 0.0337. The van der Waals surface area contributed by atoms with Crippen LogP contribution in [0.1, 0.15) is 6.42 Å². The Hall–Kier alpha value is -2.55. The summed E-state index contributed by atoms with van der Waals surface area (Å²) < 4.78 is 18.5. The molecule has 0 aromatic heterocycles. The van der Waals surface area contributed by atoms with Crippen LogP contribution in [0.4, 0.5) is 10.1 Å². The van der Waals surface area contributed by atoms with Crippen molar-refractivity contribution in [1.82, 2.24) is 10.6 Å². The Kier molecular flexibility index (Phi) is 9.66. The number of hydrogen-bond acceptors (Lipinski definition) is 5. The number of aliphatic hydroxyl groups is 1. The fraction of sp³-hybridized carbons (Fsp3) is 0.300. The van der Waals surface area contributed by atoms with E-state index < -0.39 is 17.8 Å². The van der Waals surface area contributed by atoms with Crippen LogP contribution in [0.5, 0.6) is 5.75 Å². The highest BCUT2D eigenvalue weighted by atomic mass is 35.5. The first kappa shape index (κ1) is 23.7. The number of halogens is 3. The van der Waals surface area contributed by atoms with Gasteiger partial charge in [-0.15, -0.1) is 0 Å². The average Bonchev–Trinajstić information content (AvgIpc) is 2.72. The first-order chi connectivity index (χ1) is 14.3. The van der Waals surface area contributed by atoms with E-state index in [9.17, 15) is 19.1 Å². The minimum atomic E-state index is -0.823. The summed E-state index contributed by atoms with van der Waals surface area (Å²) in [7, 11) is 0. The number of rotatable bonds is 11. The quantitative estimate of drug-likeness (QED) is 0.415. The summed E-state index contributed by atoms with van der Waals surface area (Å²) in [4.78, 5) is 23.5. The molecule has 0 heterocycles. The standard InChI is InChI=1S/C20H22Cl2FN3O4/c21-13-1-3-14(4-2-13)25-11-19(28)26-10-15(27)7-8-24-20(29)12-30-16-5-6-17(22)18(23)9-16/h1-6,9,15,25,27H,7-8,10-12H2,(H,24,29)(H,26,28)/t15-/m0/s1. The van der Waals surface area contributed by atoms with Gasteiger partial charge < -0.3 is 25.8 Å². The molecule has 0 radical (unpaired) electrons. The molecule has 162 valence electrons. The summed E-state index contributed by atoms with van der Waals surface area (Å²) in [5.41, 5.74) is 0.751. The third-order valence-corrected chi connectivity index (χ3v) is 4.45. The van der Waals surface area contributed by atoms with Gasteiger partial charge in [-0.25, -0.2) is 4.39 Å². The van der Waals surface area contributed by atoms with Crippen molar-refractivity contribution in [3.63, 3.8) is 0 Å². The van der Waals surface area contributed by atoms with Gasteiger partial charge in [-0.2, -0.15) is 0 Å². The second kappa shape index (κ2) is 12.2. The van der Waals surface area contributed by atoms with Crippen molar-refractivity contribution >= 4 is 40.7 Å². The second-order valence-electron chi connectivity index (χ2n) is 6.32. The smallest absolute Gasteiger partial charge is 0.257 e. The second-order valence-corrected chi connectivity index (χ2v) is 7.17. The minimum Gasteiger partial charge on any atom is -0.484 e. The van der Waals surface area contributed by atoms with Crippen LogP contribution in [0.2, 0.25) is 10.0 Å². The highest BCUT2D eigenvalue weighted by Crippen LogP contribution is 2.20. The number of amides is 2. The van der Waals surface area contributed by atoms with Gasteiger partial charge in [0.25, 0.3) is 5.91 Å². The molecule has 0 aliphatic carbocycles. The van der Waals surface area contributed by atoms with Gasteiger partial charge in [0.15, 0.2) is 6.61 Å². The van der Waals surface area contributed by atoms with Crippen molar-refractivity contribution in [3.8, 4) is 5.75 Å². The van der Waals surface area contributed by atoms with E-state index in [1.165, 1.54) is 12.1 Å². The van der Waals surface area contributed by atoms with Crippen molar-refractivity contribution in [2.45, 2.75) is 12.5 Å². The van der Waals surface area contributed by atoms with E-state index in [2.05, 4.69) is 16.0 Å². The van der Waals surface area contributed by atoms with Crippen molar-refractivity contribution in [1.29, 1.82) is 0 Å². The van der Waals surface area contributed by atoms with Crippen LogP contribution in [-0.4, -0.2) is 49.3 Å². The number of hydrogen-bond donors (Lipinski definition) is 4. The lowest BCUT2D eigenvalue weighted by atomic mass is 10.2. The molecule has 2 aromatic carbocycles. The van der Waals surface area contributed by atoms with E-state index in [1.807, 2.05) is 0 Å². The van der Waals surface area contributed by atoms with Crippen molar-refractivity contribution < 1.29 is 23.8 Å². The lowest BCUT2D eigenvalue weighted by Gasteiger charge is -2.13. The van der Waals surface area contributed by atoms with Crippen LogP contribution in [0.15, 0.2) is 42.5 Å². The summed E-state index contributed by atoms with van der Waals surface area (Å²) in [6.07, 6.45) is -0.581. The van der Waals surface area contributed by atoms with Gasteiger partial charge in [0.2, 0.25) is 5.91 Å². The molecule has 2 rings (SSSR count). The van der Waals surface area contributed by atoms with Gasteiger partial charge in [-0.1, -0.05) is 23.2 Å². The number of ether oxygens (including phenoxy) is 1. The highest BCUT2D eigenvalue weighted by molar-refractivity contribution is 6.31. The molecule has 30 heavy (non-hydrogen) atoms. The number of carbonyl (C=O) groups is 2. The van der Waals surface area contributed by atoms with Gasteiger partial charge in [0, 0.05) is 29.9 Å². The summed E-state index contributed by atoms with van der Waals surface area (Å²) in [6, 6.07) is 10.8. The van der Waals surface area contributed by atoms with Crippen LogP contribution < -0.4 is 20.7 Å². The molecule has 0 spiro atoms. The molecule has 1 atom stereocenters. The fourth-order valence-electron chi connectivity index (χ4n) is 2.29. The first-order valence-corrected chi connectivity index (χ1v) is 9.88. The molecule has 0 saturated carbocycles. The molecule has 0 saturated heterocycles. The molecular weight excluding hydrogens is 436 g/mol. The molecule has 2 amide bonds. The summed E-state index contributed by atoms with van der Waals surface area (Å²) in [5.74, 6) is -1.16. The fourth-order valence-corrected chi connectivity index (χ4v) is 2.53. The Morgan fingerprint density at radius 2 is 1.80 bits per heavy atom. The lowest BCUT2D eigenvalue weighted by molar-refractivity contribution is -0.123. The lowest BCUT2D eigenvalue weighted by Crippen LogP contribution is -2.38. The SMILES string of the molecule is O=C(CNc1ccc(Cl)cc1)NC[C@@H](O)CCNC(=O)COc1ccc(Cl)c(F)c1. The maximum absolute atomic E-state index is 13.3. The first-order valence-electron chi connectivity index (χ1n) is 9.12. The Labute approximate surface area is 183 Å². The van der Waals surface area contributed by atoms with E-state index in [4.69, 9.17) is 27.9 Å². The van der Waals surface area contributed by atoms with Crippen LogP contribution in [0, 0.1) is 5.82 Å². The Balaban J connectivity index is 1.55. The predicted octanol–water partition coefficient (Wildman–Crippen LogP) is 2.61. The third-order valence-electron chi connectivity index (χ3n) is 3.89. The third kappa shape index (κ3) is 8.86. The van der Waals surface area contributed by atoms with E-state index in [0.29, 0.717) is 5.02 Å². The molecule has 10 heteroatoms. The molecule has 0 aliphatic heterocycles. The Morgan fingerprint density at radius 1 is 1.07 bits per heavy atom. The molecule has 7 nitrogen and oxygen atoms in total. The number of benzene rings is 2. The maximum Gasteiger partial charge on any atom is 0.257 e. The highest BCUT2D eigenvalue weighted by Gasteiger charge is 2.09. The van der Waals surface area contributed by atoms with Crippen LogP contribution >= 0.6 is 23.2 Å². The number of nitrogens with one attached hydrogen (secondary N) is 3. The van der Waals surface area contributed by atoms with E-state index in [-0.39, 0.29) is 49.3 Å².